The molecule has 6 heteroatoms. The van der Waals surface area contributed by atoms with E-state index in [0.29, 0.717) is 6.54 Å². The van der Waals surface area contributed by atoms with Crippen LogP contribution in [0.5, 0.6) is 0 Å². The summed E-state index contributed by atoms with van der Waals surface area (Å²) in [5.41, 5.74) is -0.113. The van der Waals surface area contributed by atoms with Crippen LogP contribution in [0.1, 0.15) is 45.9 Å². The number of hydrogen-bond donors (Lipinski definition) is 0. The van der Waals surface area contributed by atoms with Crippen molar-refractivity contribution in [3.8, 4) is 0 Å². The highest BCUT2D eigenvalue weighted by Crippen LogP contribution is 2.24. The maximum absolute atomic E-state index is 11.9. The van der Waals surface area contributed by atoms with Crippen molar-refractivity contribution < 1.29 is 8.42 Å². The number of nitrogens with zero attached hydrogens (tertiary/aromatic N) is 3. The van der Waals surface area contributed by atoms with Gasteiger partial charge < -0.3 is 4.90 Å². The van der Waals surface area contributed by atoms with Crippen LogP contribution < -0.4 is 4.90 Å². The molecular formula is C15H25N3O2S. The molecule has 118 valence electrons. The Balaban J connectivity index is 2.28. The monoisotopic (exact) mass is 311 g/mol. The van der Waals surface area contributed by atoms with E-state index in [1.807, 2.05) is 6.07 Å². The zero-order chi connectivity index (χ0) is 15.7. The average Bonchev–Trinajstić information content (AvgIpc) is 2.63. The molecule has 0 N–H and O–H groups in total. The lowest BCUT2D eigenvalue weighted by Crippen LogP contribution is -2.36. The molecule has 5 nitrogen and oxygen atoms in total. The third-order valence-corrected chi connectivity index (χ3v) is 5.47. The lowest BCUT2D eigenvalue weighted by Gasteiger charge is -2.26. The van der Waals surface area contributed by atoms with Gasteiger partial charge in [-0.15, -0.1) is 0 Å². The summed E-state index contributed by atoms with van der Waals surface area (Å²) >= 11 is 0. The number of anilines is 1. The quantitative estimate of drug-likeness (QED) is 0.837. The minimum atomic E-state index is -3.01. The summed E-state index contributed by atoms with van der Waals surface area (Å²) < 4.78 is 23.8. The Morgan fingerprint density at radius 2 is 2.00 bits per heavy atom. The average molecular weight is 311 g/mol. The number of hydrogen-bond acceptors (Lipinski definition) is 5. The first-order chi connectivity index (χ1) is 9.68. The molecular weight excluding hydrogens is 286 g/mol. The maximum atomic E-state index is 11.9. The number of rotatable bonds is 2. The summed E-state index contributed by atoms with van der Waals surface area (Å²) in [5, 5.41) is -0.298. The second kappa shape index (κ2) is 5.91. The molecule has 1 unspecified atom stereocenters. The molecule has 2 rings (SSSR count). The molecule has 21 heavy (non-hydrogen) atoms. The van der Waals surface area contributed by atoms with E-state index in [-0.39, 0.29) is 10.7 Å². The first kappa shape index (κ1) is 16.2. The van der Waals surface area contributed by atoms with Gasteiger partial charge in [-0.2, -0.15) is 0 Å². The maximum Gasteiger partial charge on any atom is 0.152 e. The molecule has 0 saturated carbocycles. The topological polar surface area (TPSA) is 63.2 Å². The Morgan fingerprint density at radius 3 is 2.62 bits per heavy atom. The van der Waals surface area contributed by atoms with Crippen LogP contribution in [-0.2, 0) is 15.3 Å². The minimum Gasteiger partial charge on any atom is -0.355 e. The van der Waals surface area contributed by atoms with Gasteiger partial charge in [0.05, 0.1) is 5.25 Å². The van der Waals surface area contributed by atoms with E-state index in [0.717, 1.165) is 37.4 Å². The second-order valence-electron chi connectivity index (χ2n) is 6.88. The van der Waals surface area contributed by atoms with Crippen LogP contribution >= 0.6 is 0 Å². The Kier molecular flexibility index (Phi) is 4.56. The van der Waals surface area contributed by atoms with E-state index in [4.69, 9.17) is 0 Å². The van der Waals surface area contributed by atoms with Crippen molar-refractivity contribution in [2.45, 2.75) is 50.7 Å². The van der Waals surface area contributed by atoms with E-state index in [2.05, 4.69) is 35.6 Å². The van der Waals surface area contributed by atoms with Crippen molar-refractivity contribution in [3.63, 3.8) is 0 Å². The number of sulfone groups is 1. The van der Waals surface area contributed by atoms with Gasteiger partial charge in [-0.05, 0) is 18.9 Å². The summed E-state index contributed by atoms with van der Waals surface area (Å²) in [5.74, 6) is 1.63. The van der Waals surface area contributed by atoms with Crippen molar-refractivity contribution in [2.75, 3.05) is 24.2 Å². The molecule has 1 fully saturated rings. The van der Waals surface area contributed by atoms with Gasteiger partial charge in [-0.25, -0.2) is 18.4 Å². The van der Waals surface area contributed by atoms with E-state index in [1.165, 1.54) is 6.26 Å². The molecule has 0 spiro atoms. The molecule has 1 aromatic rings. The van der Waals surface area contributed by atoms with Gasteiger partial charge in [0.1, 0.15) is 11.6 Å². The molecule has 1 atom stereocenters. The highest BCUT2D eigenvalue weighted by molar-refractivity contribution is 7.91. The van der Waals surface area contributed by atoms with E-state index in [9.17, 15) is 8.42 Å². The SMILES string of the molecule is CC(C)(C)c1nccc(N2CCCCC(S(C)(=O)=O)C2)n1. The Bertz CT molecular complexity index is 593. The van der Waals surface area contributed by atoms with Crippen molar-refractivity contribution in [1.82, 2.24) is 9.97 Å². The Hall–Kier alpha value is -1.17. The molecule has 1 aliphatic heterocycles. The molecule has 1 aromatic heterocycles. The lowest BCUT2D eigenvalue weighted by atomic mass is 9.96. The molecule has 0 radical (unpaired) electrons. The van der Waals surface area contributed by atoms with Crippen LogP contribution in [-0.4, -0.2) is 43.0 Å². The highest BCUT2D eigenvalue weighted by Gasteiger charge is 2.27. The first-order valence-electron chi connectivity index (χ1n) is 7.45. The van der Waals surface area contributed by atoms with Crippen LogP contribution in [0.4, 0.5) is 5.82 Å². The Morgan fingerprint density at radius 1 is 1.29 bits per heavy atom. The van der Waals surface area contributed by atoms with Gasteiger partial charge in [0.15, 0.2) is 9.84 Å². The largest absolute Gasteiger partial charge is 0.355 e. The predicted octanol–water partition coefficient (Wildman–Crippen LogP) is 2.18. The van der Waals surface area contributed by atoms with Gasteiger partial charge in [-0.1, -0.05) is 27.2 Å². The molecule has 0 aliphatic carbocycles. The fourth-order valence-electron chi connectivity index (χ4n) is 2.55. The van der Waals surface area contributed by atoms with Crippen LogP contribution in [0.3, 0.4) is 0 Å². The van der Waals surface area contributed by atoms with Crippen molar-refractivity contribution >= 4 is 15.7 Å². The predicted molar refractivity (Wildman–Crippen MR) is 85.4 cm³/mol. The van der Waals surface area contributed by atoms with Crippen LogP contribution in [0.15, 0.2) is 12.3 Å². The second-order valence-corrected chi connectivity index (χ2v) is 9.21. The van der Waals surface area contributed by atoms with Crippen molar-refractivity contribution in [3.05, 3.63) is 18.1 Å². The summed E-state index contributed by atoms with van der Waals surface area (Å²) in [7, 11) is -3.01. The van der Waals surface area contributed by atoms with Gasteiger partial charge in [0.25, 0.3) is 0 Å². The summed E-state index contributed by atoms with van der Waals surface area (Å²) in [6.07, 6.45) is 5.80. The van der Waals surface area contributed by atoms with Crippen LogP contribution in [0, 0.1) is 0 Å². The zero-order valence-corrected chi connectivity index (χ0v) is 14.2. The molecule has 2 heterocycles. The zero-order valence-electron chi connectivity index (χ0n) is 13.3. The van der Waals surface area contributed by atoms with Gasteiger partial charge in [0.2, 0.25) is 0 Å². The number of aromatic nitrogens is 2. The molecule has 1 saturated heterocycles. The Labute approximate surface area is 127 Å². The van der Waals surface area contributed by atoms with Crippen LogP contribution in [0.25, 0.3) is 0 Å². The molecule has 1 aliphatic rings. The first-order valence-corrected chi connectivity index (χ1v) is 9.41. The standard InChI is InChI=1S/C15H25N3O2S/c1-15(2,3)14-16-9-8-13(17-14)18-10-6-5-7-12(11-18)21(4,19)20/h8-9,12H,5-7,10-11H2,1-4H3. The third kappa shape index (κ3) is 4.15. The summed E-state index contributed by atoms with van der Waals surface area (Å²) in [6.45, 7) is 7.61. The van der Waals surface area contributed by atoms with Gasteiger partial charge in [0, 0.05) is 31.0 Å². The van der Waals surface area contributed by atoms with E-state index < -0.39 is 9.84 Å². The molecule has 0 amide bonds. The van der Waals surface area contributed by atoms with Crippen molar-refractivity contribution in [2.24, 2.45) is 0 Å². The fourth-order valence-corrected chi connectivity index (χ4v) is 3.59. The fraction of sp³-hybridized carbons (Fsp3) is 0.733. The third-order valence-electron chi connectivity index (χ3n) is 3.87. The highest BCUT2D eigenvalue weighted by atomic mass is 32.2. The van der Waals surface area contributed by atoms with Crippen molar-refractivity contribution in [1.29, 1.82) is 0 Å². The molecule has 0 aromatic carbocycles. The van der Waals surface area contributed by atoms with Gasteiger partial charge >= 0.3 is 0 Å². The minimum absolute atomic E-state index is 0.113. The summed E-state index contributed by atoms with van der Waals surface area (Å²) in [6, 6.07) is 1.87. The summed E-state index contributed by atoms with van der Waals surface area (Å²) in [4.78, 5) is 11.1. The normalized spacial score (nSPS) is 21.1. The smallest absolute Gasteiger partial charge is 0.152 e. The van der Waals surface area contributed by atoms with E-state index in [1.54, 1.807) is 6.20 Å². The van der Waals surface area contributed by atoms with E-state index >= 15 is 0 Å². The van der Waals surface area contributed by atoms with Gasteiger partial charge in [-0.3, -0.25) is 0 Å². The van der Waals surface area contributed by atoms with Crippen LogP contribution in [0.2, 0.25) is 0 Å². The lowest BCUT2D eigenvalue weighted by molar-refractivity contribution is 0.543. The molecule has 0 bridgehead atoms.